The van der Waals surface area contributed by atoms with E-state index in [1.807, 2.05) is 42.5 Å². The minimum Gasteiger partial charge on any atom is -0.497 e. The van der Waals surface area contributed by atoms with E-state index in [0.29, 0.717) is 35.1 Å². The van der Waals surface area contributed by atoms with Gasteiger partial charge in [-0.2, -0.15) is 0 Å². The maximum Gasteiger partial charge on any atom is 0.251 e. The largest absolute Gasteiger partial charge is 0.497 e. The molecule has 5 atom stereocenters. The first-order valence-corrected chi connectivity index (χ1v) is 13.2. The summed E-state index contributed by atoms with van der Waals surface area (Å²) in [5.74, 6) is 1.94. The first kappa shape index (κ1) is 26.2. The Hall–Kier alpha value is -2.82. The molecule has 5 unspecified atom stereocenters. The smallest absolute Gasteiger partial charge is 0.251 e. The van der Waals surface area contributed by atoms with Gasteiger partial charge in [-0.05, 0) is 72.1 Å². The van der Waals surface area contributed by atoms with Crippen molar-refractivity contribution in [1.82, 2.24) is 5.32 Å². The first-order chi connectivity index (χ1) is 17.1. The number of amides is 1. The van der Waals surface area contributed by atoms with E-state index in [9.17, 15) is 9.59 Å². The second-order valence-electron chi connectivity index (χ2n) is 11.8. The van der Waals surface area contributed by atoms with Crippen molar-refractivity contribution in [3.05, 3.63) is 59.7 Å². The molecule has 2 saturated carbocycles. The number of carbonyl (C=O) groups is 2. The van der Waals surface area contributed by atoms with Gasteiger partial charge in [-0.15, -0.1) is 0 Å². The van der Waals surface area contributed by atoms with Crippen LogP contribution in [0.5, 0.6) is 11.5 Å². The molecule has 2 fully saturated rings. The van der Waals surface area contributed by atoms with Crippen LogP contribution in [-0.4, -0.2) is 32.5 Å². The van der Waals surface area contributed by atoms with Gasteiger partial charge in [0.1, 0.15) is 11.5 Å². The fourth-order valence-electron chi connectivity index (χ4n) is 7.37. The Balaban J connectivity index is 1.67. The van der Waals surface area contributed by atoms with Gasteiger partial charge in [-0.1, -0.05) is 52.3 Å². The zero-order valence-electron chi connectivity index (χ0n) is 22.6. The number of benzene rings is 2. The number of rotatable bonds is 7. The van der Waals surface area contributed by atoms with Gasteiger partial charge in [0, 0.05) is 29.7 Å². The Kier molecular flexibility index (Phi) is 7.49. The monoisotopic (exact) mass is 491 g/mol. The Bertz CT molecular complexity index is 1070. The Labute approximate surface area is 216 Å². The minimum atomic E-state index is -0.147. The predicted molar refractivity (Wildman–Crippen MR) is 143 cm³/mol. The molecule has 2 aliphatic carbocycles. The normalized spacial score (nSPS) is 29.1. The van der Waals surface area contributed by atoms with Crippen molar-refractivity contribution in [1.29, 1.82) is 0 Å². The first-order valence-electron chi connectivity index (χ1n) is 13.2. The van der Waals surface area contributed by atoms with E-state index in [4.69, 9.17) is 9.47 Å². The van der Waals surface area contributed by atoms with Crippen molar-refractivity contribution in [2.45, 2.75) is 53.4 Å². The van der Waals surface area contributed by atoms with Crippen LogP contribution in [0.1, 0.15) is 74.1 Å². The topological polar surface area (TPSA) is 64.6 Å². The zero-order chi connectivity index (χ0) is 26.1. The zero-order valence-corrected chi connectivity index (χ0v) is 22.6. The molecule has 2 aromatic rings. The third-order valence-electron chi connectivity index (χ3n) is 9.27. The number of hydrogen-bond donors (Lipinski definition) is 1. The molecule has 0 radical (unpaired) electrons. The summed E-state index contributed by atoms with van der Waals surface area (Å²) in [7, 11) is 3.22. The van der Waals surface area contributed by atoms with Crippen molar-refractivity contribution < 1.29 is 19.1 Å². The summed E-state index contributed by atoms with van der Waals surface area (Å²) in [5.41, 5.74) is 1.34. The van der Waals surface area contributed by atoms with E-state index in [1.54, 1.807) is 20.3 Å². The van der Waals surface area contributed by atoms with Crippen LogP contribution >= 0.6 is 0 Å². The average Bonchev–Trinajstić information content (AvgIpc) is 2.87. The van der Waals surface area contributed by atoms with Gasteiger partial charge in [0.2, 0.25) is 0 Å². The molecule has 1 N–H and O–H groups in total. The number of fused-ring (bicyclic) bond motifs is 1. The molecule has 1 amide bonds. The second-order valence-corrected chi connectivity index (χ2v) is 11.8. The number of Topliss-reactive ketones (excluding diaryl/α,β-unsaturated/α-hetero) is 1. The fourth-order valence-corrected chi connectivity index (χ4v) is 7.37. The molecule has 4 rings (SSSR count). The van der Waals surface area contributed by atoms with Crippen LogP contribution in [0.4, 0.5) is 0 Å². The van der Waals surface area contributed by atoms with E-state index >= 15 is 0 Å². The maximum atomic E-state index is 14.3. The highest BCUT2D eigenvalue weighted by atomic mass is 16.5. The third-order valence-corrected chi connectivity index (χ3v) is 9.27. The molecule has 5 nitrogen and oxygen atoms in total. The van der Waals surface area contributed by atoms with E-state index in [1.165, 1.54) is 6.42 Å². The molecular formula is C31H41NO4. The predicted octanol–water partition coefficient (Wildman–Crippen LogP) is 6.42. The van der Waals surface area contributed by atoms with Crippen molar-refractivity contribution in [2.24, 2.45) is 34.5 Å². The van der Waals surface area contributed by atoms with Crippen LogP contribution in [0, 0.1) is 34.5 Å². The lowest BCUT2D eigenvalue weighted by atomic mass is 9.44. The molecule has 0 bridgehead atoms. The summed E-state index contributed by atoms with van der Waals surface area (Å²) in [5, 5.41) is 3.18. The van der Waals surface area contributed by atoms with Crippen LogP contribution in [0.3, 0.4) is 0 Å². The van der Waals surface area contributed by atoms with Crippen LogP contribution in [0.2, 0.25) is 0 Å². The Morgan fingerprint density at radius 1 is 0.944 bits per heavy atom. The average molecular weight is 492 g/mol. The van der Waals surface area contributed by atoms with Crippen LogP contribution < -0.4 is 14.8 Å². The molecule has 194 valence electrons. The van der Waals surface area contributed by atoms with Crippen LogP contribution in [0.25, 0.3) is 0 Å². The lowest BCUT2D eigenvalue weighted by Crippen LogP contribution is -2.57. The molecule has 2 aliphatic rings. The van der Waals surface area contributed by atoms with Gasteiger partial charge >= 0.3 is 0 Å². The van der Waals surface area contributed by atoms with E-state index < -0.39 is 0 Å². The molecule has 0 aromatic heterocycles. The standard InChI is InChI=1S/C31H41NO4/c1-20-23(19-32-29(34)21-11-8-7-9-12-21)17-26-30(2,3)13-10-14-31(26,4)27(20)28(33)22-15-24(35-5)18-25(16-22)36-6/h7-9,11-12,15-16,18,20,23,26-27H,10,13-14,17,19H2,1-6H3,(H,32,34). The van der Waals surface area contributed by atoms with Gasteiger partial charge < -0.3 is 14.8 Å². The molecule has 2 aromatic carbocycles. The number of nitrogens with one attached hydrogen (secondary N) is 1. The number of carbonyl (C=O) groups excluding carboxylic acids is 2. The van der Waals surface area contributed by atoms with E-state index in [-0.39, 0.29) is 40.3 Å². The highest BCUT2D eigenvalue weighted by Crippen LogP contribution is 2.62. The Morgan fingerprint density at radius 3 is 2.19 bits per heavy atom. The van der Waals surface area contributed by atoms with Gasteiger partial charge in [0.25, 0.3) is 5.91 Å². The van der Waals surface area contributed by atoms with E-state index in [0.717, 1.165) is 19.3 Å². The summed E-state index contributed by atoms with van der Waals surface area (Å²) in [4.78, 5) is 27.2. The minimum absolute atomic E-state index is 0.0561. The van der Waals surface area contributed by atoms with Crippen LogP contribution in [-0.2, 0) is 0 Å². The molecule has 0 spiro atoms. The highest BCUT2D eigenvalue weighted by molar-refractivity contribution is 5.99. The third kappa shape index (κ3) is 4.89. The Morgan fingerprint density at radius 2 is 1.58 bits per heavy atom. The number of methoxy groups -OCH3 is 2. The lowest BCUT2D eigenvalue weighted by molar-refractivity contribution is -0.101. The van der Waals surface area contributed by atoms with Gasteiger partial charge in [-0.3, -0.25) is 9.59 Å². The maximum absolute atomic E-state index is 14.3. The summed E-state index contributed by atoms with van der Waals surface area (Å²) in [6, 6.07) is 14.8. The van der Waals surface area contributed by atoms with Crippen molar-refractivity contribution >= 4 is 11.7 Å². The SMILES string of the molecule is COc1cc(OC)cc(C(=O)C2C(C)C(CNC(=O)c3ccccc3)CC3C(C)(C)CCCC23C)c1. The van der Waals surface area contributed by atoms with Gasteiger partial charge in [0.05, 0.1) is 14.2 Å². The van der Waals surface area contributed by atoms with Crippen molar-refractivity contribution in [3.63, 3.8) is 0 Å². The molecule has 0 saturated heterocycles. The van der Waals surface area contributed by atoms with Gasteiger partial charge in [-0.25, -0.2) is 0 Å². The number of ether oxygens (including phenoxy) is 2. The molecule has 36 heavy (non-hydrogen) atoms. The lowest BCUT2D eigenvalue weighted by Gasteiger charge is -2.60. The molecule has 0 heterocycles. The second kappa shape index (κ2) is 10.3. The molecular weight excluding hydrogens is 450 g/mol. The summed E-state index contributed by atoms with van der Waals surface area (Å²) < 4.78 is 10.9. The van der Waals surface area contributed by atoms with Crippen molar-refractivity contribution in [2.75, 3.05) is 20.8 Å². The quantitative estimate of drug-likeness (QED) is 0.454. The molecule has 5 heteroatoms. The van der Waals surface area contributed by atoms with E-state index in [2.05, 4.69) is 33.0 Å². The fraction of sp³-hybridized carbons (Fsp3) is 0.548. The molecule has 0 aliphatic heterocycles. The van der Waals surface area contributed by atoms with Crippen molar-refractivity contribution in [3.8, 4) is 11.5 Å². The summed E-state index contributed by atoms with van der Waals surface area (Å²) in [6.07, 6.45) is 4.36. The number of hydrogen-bond acceptors (Lipinski definition) is 4. The summed E-state index contributed by atoms with van der Waals surface area (Å²) in [6.45, 7) is 9.85. The number of ketones is 1. The highest BCUT2D eigenvalue weighted by Gasteiger charge is 2.58. The summed E-state index contributed by atoms with van der Waals surface area (Å²) >= 11 is 0. The van der Waals surface area contributed by atoms with Gasteiger partial charge in [0.15, 0.2) is 5.78 Å². The van der Waals surface area contributed by atoms with Crippen LogP contribution in [0.15, 0.2) is 48.5 Å².